The van der Waals surface area contributed by atoms with Crippen LogP contribution in [0.15, 0.2) is 30.6 Å². The van der Waals surface area contributed by atoms with Crippen molar-refractivity contribution in [3.8, 4) is 5.75 Å². The molecule has 120 valence electrons. The zero-order valence-corrected chi connectivity index (χ0v) is 17.0. The van der Waals surface area contributed by atoms with Crippen molar-refractivity contribution >= 4 is 62.5 Å². The van der Waals surface area contributed by atoms with E-state index >= 15 is 0 Å². The maximum Gasteiger partial charge on any atom is 0.124 e. The first kappa shape index (κ1) is 17.2. The zero-order valence-electron chi connectivity index (χ0n) is 12.3. The van der Waals surface area contributed by atoms with Crippen LogP contribution in [0.3, 0.4) is 0 Å². The van der Waals surface area contributed by atoms with E-state index in [4.69, 9.17) is 27.9 Å². The molecule has 3 aromatic rings. The van der Waals surface area contributed by atoms with Crippen molar-refractivity contribution in [3.63, 3.8) is 0 Å². The number of nitrogens with zero attached hydrogens (tertiary/aromatic N) is 3. The summed E-state index contributed by atoms with van der Waals surface area (Å²) >= 11 is 14.7. The molecule has 0 saturated carbocycles. The van der Waals surface area contributed by atoms with Crippen LogP contribution in [0.4, 0.5) is 0 Å². The lowest BCUT2D eigenvalue weighted by Crippen LogP contribution is -2.05. The number of fused-ring (bicyclic) bond motifs is 1. The standard InChI is InChI=1S/C15H13Cl2IN3OP/c1-8-11-5-10(3-4-14(11)21(20-8)23-18)22-9(2)15-12(16)6-19-7-13(15)17/h3-7,9,23H,1-2H3/t9-/m1/s1. The van der Waals surface area contributed by atoms with E-state index in [1.165, 1.54) is 0 Å². The van der Waals surface area contributed by atoms with Crippen LogP contribution in [0.25, 0.3) is 10.9 Å². The summed E-state index contributed by atoms with van der Waals surface area (Å²) in [6.45, 7) is 3.92. The highest BCUT2D eigenvalue weighted by Gasteiger charge is 2.17. The third kappa shape index (κ3) is 3.43. The van der Waals surface area contributed by atoms with Crippen LogP contribution in [0.2, 0.25) is 10.0 Å². The molecule has 23 heavy (non-hydrogen) atoms. The minimum Gasteiger partial charge on any atom is -0.486 e. The monoisotopic (exact) mass is 479 g/mol. The van der Waals surface area contributed by atoms with Gasteiger partial charge in [-0.25, -0.2) is 4.45 Å². The number of halogens is 3. The molecule has 0 radical (unpaired) electrons. The van der Waals surface area contributed by atoms with Crippen LogP contribution in [-0.4, -0.2) is 14.5 Å². The molecule has 0 saturated heterocycles. The highest BCUT2D eigenvalue weighted by molar-refractivity contribution is 14.2. The van der Waals surface area contributed by atoms with Crippen molar-refractivity contribution in [2.75, 3.05) is 0 Å². The van der Waals surface area contributed by atoms with Crippen LogP contribution in [-0.2, 0) is 0 Å². The molecule has 0 aliphatic heterocycles. The zero-order chi connectivity index (χ0) is 16.6. The molecular formula is C15H13Cl2IN3OP. The second-order valence-electron chi connectivity index (χ2n) is 5.04. The largest absolute Gasteiger partial charge is 0.486 e. The van der Waals surface area contributed by atoms with Crippen LogP contribution >= 0.6 is 51.6 Å². The normalized spacial score (nSPS) is 13.1. The Bertz CT molecular complexity index is 851. The fourth-order valence-electron chi connectivity index (χ4n) is 2.46. The van der Waals surface area contributed by atoms with Crippen LogP contribution in [0.5, 0.6) is 5.75 Å². The highest BCUT2D eigenvalue weighted by Crippen LogP contribution is 2.35. The summed E-state index contributed by atoms with van der Waals surface area (Å²) in [5.41, 5.74) is 2.84. The van der Waals surface area contributed by atoms with Gasteiger partial charge >= 0.3 is 0 Å². The molecule has 2 heterocycles. The van der Waals surface area contributed by atoms with Crippen molar-refractivity contribution in [3.05, 3.63) is 51.9 Å². The van der Waals surface area contributed by atoms with Crippen molar-refractivity contribution < 1.29 is 4.74 Å². The first-order valence-electron chi connectivity index (χ1n) is 6.83. The van der Waals surface area contributed by atoms with E-state index in [0.29, 0.717) is 16.4 Å². The number of aryl methyl sites for hydroxylation is 1. The molecule has 0 aliphatic rings. The van der Waals surface area contributed by atoms with E-state index in [9.17, 15) is 0 Å². The van der Waals surface area contributed by atoms with Gasteiger partial charge in [0.15, 0.2) is 0 Å². The maximum absolute atomic E-state index is 6.19. The number of pyridine rings is 1. The average molecular weight is 480 g/mol. The van der Waals surface area contributed by atoms with Gasteiger partial charge in [-0.1, -0.05) is 23.2 Å². The number of ether oxygens (including phenoxy) is 1. The predicted octanol–water partition coefficient (Wildman–Crippen LogP) is 5.98. The molecule has 2 atom stereocenters. The molecule has 0 N–H and O–H groups in total. The number of hydrogen-bond acceptors (Lipinski definition) is 3. The Balaban J connectivity index is 1.94. The minimum absolute atomic E-state index is 0.280. The summed E-state index contributed by atoms with van der Waals surface area (Å²) in [4.78, 5) is 3.97. The number of rotatable bonds is 4. The SMILES string of the molecule is Cc1nn(PI)c2ccc(O[C@H](C)c3c(Cl)cncc3Cl)cc12. The van der Waals surface area contributed by atoms with Crippen LogP contribution in [0.1, 0.15) is 24.3 Å². The Hall–Kier alpha value is -0.620. The maximum atomic E-state index is 6.19. The molecule has 0 fully saturated rings. The lowest BCUT2D eigenvalue weighted by atomic mass is 10.1. The van der Waals surface area contributed by atoms with Gasteiger partial charge in [-0.2, -0.15) is 5.10 Å². The van der Waals surface area contributed by atoms with Crippen molar-refractivity contribution in [1.29, 1.82) is 0 Å². The molecular weight excluding hydrogens is 467 g/mol. The number of hydrogen-bond donors (Lipinski definition) is 0. The second kappa shape index (κ2) is 7.09. The summed E-state index contributed by atoms with van der Waals surface area (Å²) < 4.78 is 8.03. The van der Waals surface area contributed by atoms with Gasteiger partial charge in [0.1, 0.15) is 11.9 Å². The first-order valence-corrected chi connectivity index (χ1v) is 11.6. The summed E-state index contributed by atoms with van der Waals surface area (Å²) in [6, 6.07) is 5.97. The number of aromatic nitrogens is 3. The summed E-state index contributed by atoms with van der Waals surface area (Å²) in [5, 5.41) is 6.62. The fraction of sp³-hybridized carbons (Fsp3) is 0.200. The molecule has 1 aromatic carbocycles. The lowest BCUT2D eigenvalue weighted by Gasteiger charge is -2.17. The Morgan fingerprint density at radius 2 is 1.96 bits per heavy atom. The van der Waals surface area contributed by atoms with Crippen molar-refractivity contribution in [2.45, 2.75) is 20.0 Å². The minimum atomic E-state index is -0.280. The van der Waals surface area contributed by atoms with E-state index in [-0.39, 0.29) is 6.10 Å². The lowest BCUT2D eigenvalue weighted by molar-refractivity contribution is 0.227. The fourth-order valence-corrected chi connectivity index (χ4v) is 4.71. The number of benzene rings is 1. The van der Waals surface area contributed by atoms with E-state index in [0.717, 1.165) is 27.9 Å². The third-order valence-corrected chi connectivity index (χ3v) is 6.00. The highest BCUT2D eigenvalue weighted by atomic mass is 127. The average Bonchev–Trinajstić information content (AvgIpc) is 2.83. The second-order valence-corrected chi connectivity index (χ2v) is 7.89. The van der Waals surface area contributed by atoms with Gasteiger partial charge in [-0.05, 0) is 54.1 Å². The van der Waals surface area contributed by atoms with Crippen molar-refractivity contribution in [1.82, 2.24) is 14.5 Å². The van der Waals surface area contributed by atoms with Gasteiger partial charge in [0.2, 0.25) is 0 Å². The van der Waals surface area contributed by atoms with E-state index < -0.39 is 0 Å². The van der Waals surface area contributed by atoms with Gasteiger partial charge in [-0.15, -0.1) is 0 Å². The summed E-state index contributed by atoms with van der Waals surface area (Å²) in [6.07, 6.45) is 3.43. The molecule has 0 aliphatic carbocycles. The quantitative estimate of drug-likeness (QED) is 0.341. The van der Waals surface area contributed by atoms with E-state index in [1.807, 2.05) is 36.5 Å². The smallest absolute Gasteiger partial charge is 0.124 e. The topological polar surface area (TPSA) is 39.9 Å². The molecule has 4 nitrogen and oxygen atoms in total. The first-order chi connectivity index (χ1) is 11.0. The van der Waals surface area contributed by atoms with E-state index in [2.05, 4.69) is 32.1 Å². The van der Waals surface area contributed by atoms with Crippen molar-refractivity contribution in [2.24, 2.45) is 0 Å². The Morgan fingerprint density at radius 3 is 2.61 bits per heavy atom. The Labute approximate surface area is 158 Å². The van der Waals surface area contributed by atoms with Gasteiger partial charge < -0.3 is 4.74 Å². The molecule has 0 bridgehead atoms. The Morgan fingerprint density at radius 1 is 1.26 bits per heavy atom. The van der Waals surface area contributed by atoms with Crippen LogP contribution in [0, 0.1) is 6.92 Å². The molecule has 0 spiro atoms. The molecule has 0 amide bonds. The molecule has 3 rings (SSSR count). The van der Waals surface area contributed by atoms with Gasteiger partial charge in [0.05, 0.1) is 27.6 Å². The summed E-state index contributed by atoms with van der Waals surface area (Å²) in [7, 11) is 0. The molecule has 1 unspecified atom stereocenters. The molecule has 8 heteroatoms. The third-order valence-electron chi connectivity index (χ3n) is 3.53. The molecule has 2 aromatic heterocycles. The predicted molar refractivity (Wildman–Crippen MR) is 106 cm³/mol. The van der Waals surface area contributed by atoms with Gasteiger partial charge in [0, 0.05) is 23.3 Å². The van der Waals surface area contributed by atoms with Gasteiger partial charge in [0.25, 0.3) is 0 Å². The van der Waals surface area contributed by atoms with Gasteiger partial charge in [-0.3, -0.25) is 4.98 Å². The Kier molecular flexibility index (Phi) is 5.31. The summed E-state index contributed by atoms with van der Waals surface area (Å²) in [5.74, 6) is 0.758. The van der Waals surface area contributed by atoms with Crippen LogP contribution < -0.4 is 4.74 Å². The van der Waals surface area contributed by atoms with E-state index in [1.54, 1.807) is 12.4 Å².